The Kier molecular flexibility index (Phi) is 10.7. The third-order valence-corrected chi connectivity index (χ3v) is 2.49. The lowest BCUT2D eigenvalue weighted by Gasteiger charge is -1.93. The highest BCUT2D eigenvalue weighted by Crippen LogP contribution is 2.02. The minimum Gasteiger partial charge on any atom is -1.00 e. The molecule has 0 saturated heterocycles. The van der Waals surface area contributed by atoms with Gasteiger partial charge in [0.15, 0.2) is 5.75 Å². The predicted molar refractivity (Wildman–Crippen MR) is 47.2 cm³/mol. The average Bonchev–Trinajstić information content (AvgIpc) is 1.63. The standard InChI is InChI=1S/C6H13OS2.BrH/c1-4-8-6(7)5-9(2)3;/h4-5H2,1-3H3;1H/q+1;/p-1. The first-order valence-electron chi connectivity index (χ1n) is 2.86. The molecule has 0 rings (SSSR count). The highest BCUT2D eigenvalue weighted by molar-refractivity contribution is 8.15. The van der Waals surface area contributed by atoms with E-state index in [0.717, 1.165) is 11.5 Å². The molecule has 0 saturated carbocycles. The number of rotatable bonds is 3. The highest BCUT2D eigenvalue weighted by atomic mass is 79.9. The zero-order valence-corrected chi connectivity index (χ0v) is 9.74. The van der Waals surface area contributed by atoms with Crippen molar-refractivity contribution in [3.8, 4) is 0 Å². The van der Waals surface area contributed by atoms with Crippen LogP contribution < -0.4 is 17.0 Å². The molecule has 0 aromatic rings. The summed E-state index contributed by atoms with van der Waals surface area (Å²) in [5, 5.41) is 0.339. The molecule has 0 aromatic heterocycles. The van der Waals surface area contributed by atoms with Crippen molar-refractivity contribution in [2.75, 3.05) is 24.0 Å². The van der Waals surface area contributed by atoms with Gasteiger partial charge in [-0.15, -0.1) is 0 Å². The van der Waals surface area contributed by atoms with Crippen molar-refractivity contribution in [3.63, 3.8) is 0 Å². The number of carbonyl (C=O) groups excluding carboxylic acids is 1. The van der Waals surface area contributed by atoms with Crippen molar-refractivity contribution >= 4 is 27.8 Å². The Balaban J connectivity index is 0. The van der Waals surface area contributed by atoms with Crippen LogP contribution in [0.3, 0.4) is 0 Å². The van der Waals surface area contributed by atoms with Crippen LogP contribution in [-0.4, -0.2) is 29.1 Å². The van der Waals surface area contributed by atoms with E-state index >= 15 is 0 Å². The highest BCUT2D eigenvalue weighted by Gasteiger charge is 2.09. The average molecular weight is 245 g/mol. The smallest absolute Gasteiger partial charge is 0.238 e. The Morgan fingerprint density at radius 3 is 2.30 bits per heavy atom. The molecule has 62 valence electrons. The van der Waals surface area contributed by atoms with Gasteiger partial charge in [0.2, 0.25) is 5.12 Å². The second-order valence-corrected chi connectivity index (χ2v) is 5.52. The largest absolute Gasteiger partial charge is 1.00 e. The number of hydrogen-bond acceptors (Lipinski definition) is 2. The number of hydrogen-bond donors (Lipinski definition) is 0. The fourth-order valence-corrected chi connectivity index (χ4v) is 2.27. The molecule has 0 atom stereocenters. The second kappa shape index (κ2) is 7.95. The first kappa shape index (κ1) is 13.4. The van der Waals surface area contributed by atoms with E-state index in [4.69, 9.17) is 0 Å². The molecule has 10 heavy (non-hydrogen) atoms. The van der Waals surface area contributed by atoms with Gasteiger partial charge in [0.1, 0.15) is 0 Å². The third kappa shape index (κ3) is 8.85. The van der Waals surface area contributed by atoms with Crippen LogP contribution in [-0.2, 0) is 15.7 Å². The summed E-state index contributed by atoms with van der Waals surface area (Å²) in [5.74, 6) is 1.66. The van der Waals surface area contributed by atoms with Gasteiger partial charge in [-0.2, -0.15) is 0 Å². The molecule has 0 bridgehead atoms. The van der Waals surface area contributed by atoms with Crippen molar-refractivity contribution in [1.29, 1.82) is 0 Å². The maximum Gasteiger partial charge on any atom is 0.238 e. The van der Waals surface area contributed by atoms with Crippen LogP contribution in [0.15, 0.2) is 0 Å². The molecule has 0 aliphatic carbocycles. The maximum atomic E-state index is 10.8. The fourth-order valence-electron chi connectivity index (χ4n) is 0.438. The molecule has 0 unspecified atom stereocenters. The Morgan fingerprint density at radius 2 is 2.00 bits per heavy atom. The predicted octanol–water partition coefficient (Wildman–Crippen LogP) is -1.85. The van der Waals surface area contributed by atoms with Gasteiger partial charge in [-0.05, 0) is 16.6 Å². The van der Waals surface area contributed by atoms with Crippen LogP contribution in [0.1, 0.15) is 6.92 Å². The van der Waals surface area contributed by atoms with E-state index in [-0.39, 0.29) is 27.9 Å². The zero-order chi connectivity index (χ0) is 7.28. The van der Waals surface area contributed by atoms with Crippen LogP contribution in [0.25, 0.3) is 0 Å². The number of thioether (sulfide) groups is 1. The van der Waals surface area contributed by atoms with E-state index < -0.39 is 0 Å². The maximum absolute atomic E-state index is 10.8. The number of halogens is 1. The number of carbonyl (C=O) groups is 1. The third-order valence-electron chi connectivity index (χ3n) is 0.712. The van der Waals surface area contributed by atoms with Crippen molar-refractivity contribution in [3.05, 3.63) is 0 Å². The minimum absolute atomic E-state index is 0. The zero-order valence-electron chi connectivity index (χ0n) is 6.52. The quantitative estimate of drug-likeness (QED) is 0.543. The lowest BCUT2D eigenvalue weighted by atomic mass is 10.9. The van der Waals surface area contributed by atoms with E-state index in [9.17, 15) is 4.79 Å². The van der Waals surface area contributed by atoms with Gasteiger partial charge in [0.25, 0.3) is 0 Å². The van der Waals surface area contributed by atoms with Gasteiger partial charge in [0.05, 0.1) is 12.5 Å². The normalized spacial score (nSPS) is 9.20. The summed E-state index contributed by atoms with van der Waals surface area (Å²) < 4.78 is 0. The molecular weight excluding hydrogens is 232 g/mol. The summed E-state index contributed by atoms with van der Waals surface area (Å²) in [7, 11) is 0.282. The van der Waals surface area contributed by atoms with E-state index in [0.29, 0.717) is 5.12 Å². The van der Waals surface area contributed by atoms with Crippen molar-refractivity contribution < 1.29 is 21.8 Å². The summed E-state index contributed by atoms with van der Waals surface area (Å²) in [6.07, 6.45) is 4.18. The van der Waals surface area contributed by atoms with E-state index in [1.807, 2.05) is 6.92 Å². The van der Waals surface area contributed by atoms with Crippen molar-refractivity contribution in [2.24, 2.45) is 0 Å². The molecule has 0 radical (unpaired) electrons. The first-order chi connectivity index (χ1) is 4.16. The van der Waals surface area contributed by atoms with Gasteiger partial charge in [-0.25, -0.2) is 0 Å². The molecule has 0 fully saturated rings. The van der Waals surface area contributed by atoms with Crippen LogP contribution >= 0.6 is 11.8 Å². The summed E-state index contributed by atoms with van der Waals surface area (Å²) in [5.41, 5.74) is 0. The van der Waals surface area contributed by atoms with Gasteiger partial charge in [0, 0.05) is 0 Å². The minimum atomic E-state index is 0. The van der Waals surface area contributed by atoms with Gasteiger partial charge < -0.3 is 17.0 Å². The van der Waals surface area contributed by atoms with Crippen LogP contribution in [0.4, 0.5) is 0 Å². The Labute approximate surface area is 80.5 Å². The fraction of sp³-hybridized carbons (Fsp3) is 0.833. The lowest BCUT2D eigenvalue weighted by Crippen LogP contribution is -3.00. The Morgan fingerprint density at radius 1 is 1.50 bits per heavy atom. The molecule has 0 aliphatic rings. The lowest BCUT2D eigenvalue weighted by molar-refractivity contribution is -0.108. The molecule has 0 aromatic carbocycles. The SMILES string of the molecule is CCSC(=O)C[S+](C)C.[Br-]. The van der Waals surface area contributed by atoms with Crippen molar-refractivity contribution in [1.82, 2.24) is 0 Å². The molecule has 0 aliphatic heterocycles. The Hall–Kier alpha value is 0.850. The summed E-state index contributed by atoms with van der Waals surface area (Å²) in [4.78, 5) is 10.8. The van der Waals surface area contributed by atoms with Crippen molar-refractivity contribution in [2.45, 2.75) is 6.92 Å². The Bertz CT molecular complexity index is 95.7. The van der Waals surface area contributed by atoms with Crippen LogP contribution in [0, 0.1) is 0 Å². The molecule has 4 heteroatoms. The van der Waals surface area contributed by atoms with E-state index in [1.54, 1.807) is 0 Å². The van der Waals surface area contributed by atoms with E-state index in [1.165, 1.54) is 11.8 Å². The molecule has 0 amide bonds. The van der Waals surface area contributed by atoms with Crippen LogP contribution in [0.2, 0.25) is 0 Å². The second-order valence-electron chi connectivity index (χ2n) is 1.93. The molecule has 1 nitrogen and oxygen atoms in total. The van der Waals surface area contributed by atoms with Crippen LogP contribution in [0.5, 0.6) is 0 Å². The molecule has 0 heterocycles. The monoisotopic (exact) mass is 244 g/mol. The van der Waals surface area contributed by atoms with Gasteiger partial charge in [-0.3, -0.25) is 4.79 Å². The van der Waals surface area contributed by atoms with Gasteiger partial charge in [-0.1, -0.05) is 18.7 Å². The molecular formula is C6H13BrOS2. The van der Waals surface area contributed by atoms with Gasteiger partial charge >= 0.3 is 0 Å². The molecule has 0 spiro atoms. The summed E-state index contributed by atoms with van der Waals surface area (Å²) in [6, 6.07) is 0. The molecule has 0 N–H and O–H groups in total. The van der Waals surface area contributed by atoms with E-state index in [2.05, 4.69) is 12.5 Å². The topological polar surface area (TPSA) is 17.1 Å². The summed E-state index contributed by atoms with van der Waals surface area (Å²) >= 11 is 1.43. The first-order valence-corrected chi connectivity index (χ1v) is 6.06. The summed E-state index contributed by atoms with van der Waals surface area (Å²) in [6.45, 7) is 2.01.